The molecule has 1 unspecified atom stereocenters. The average molecular weight is 315 g/mol. The molecule has 0 aliphatic rings. The van der Waals surface area contributed by atoms with Crippen LogP contribution in [0.15, 0.2) is 11.6 Å². The smallest absolute Gasteiger partial charge is 0.0963 e. The van der Waals surface area contributed by atoms with Gasteiger partial charge in [0.2, 0.25) is 0 Å². The Morgan fingerprint density at radius 1 is 1.47 bits per heavy atom. The van der Waals surface area contributed by atoms with Crippen molar-refractivity contribution in [2.24, 2.45) is 0 Å². The molecule has 2 aromatic rings. The highest BCUT2D eigenvalue weighted by Gasteiger charge is 2.10. The van der Waals surface area contributed by atoms with Crippen LogP contribution in [0.1, 0.15) is 41.5 Å². The van der Waals surface area contributed by atoms with Crippen LogP contribution in [0.5, 0.6) is 0 Å². The van der Waals surface area contributed by atoms with E-state index in [9.17, 15) is 0 Å². The van der Waals surface area contributed by atoms with Crippen molar-refractivity contribution in [1.82, 2.24) is 20.0 Å². The monoisotopic (exact) mass is 314 g/mol. The summed E-state index contributed by atoms with van der Waals surface area (Å²) in [6.07, 6.45) is 3.98. The zero-order valence-electron chi connectivity index (χ0n) is 9.93. The van der Waals surface area contributed by atoms with Gasteiger partial charge in [0.1, 0.15) is 0 Å². The summed E-state index contributed by atoms with van der Waals surface area (Å²) in [5, 5.41) is 11.5. The van der Waals surface area contributed by atoms with E-state index in [4.69, 9.17) is 0 Å². The van der Waals surface area contributed by atoms with Gasteiger partial charge in [-0.25, -0.2) is 9.67 Å². The van der Waals surface area contributed by atoms with Crippen LogP contribution in [-0.4, -0.2) is 20.0 Å². The van der Waals surface area contributed by atoms with Gasteiger partial charge in [0, 0.05) is 5.38 Å². The summed E-state index contributed by atoms with van der Waals surface area (Å²) in [5.74, 6) is 0. The normalized spacial score (nSPS) is 12.9. The van der Waals surface area contributed by atoms with Crippen molar-refractivity contribution in [2.75, 3.05) is 0 Å². The van der Waals surface area contributed by atoms with Crippen molar-refractivity contribution in [3.63, 3.8) is 0 Å². The fraction of sp³-hybridized carbons (Fsp3) is 0.545. The molecule has 0 bridgehead atoms. The molecule has 0 saturated heterocycles. The van der Waals surface area contributed by atoms with Gasteiger partial charge < -0.3 is 0 Å². The third-order valence-electron chi connectivity index (χ3n) is 2.46. The predicted molar refractivity (Wildman–Crippen MR) is 72.6 cm³/mol. The van der Waals surface area contributed by atoms with Gasteiger partial charge in [-0.1, -0.05) is 35.0 Å². The van der Waals surface area contributed by atoms with Gasteiger partial charge in [-0.3, -0.25) is 0 Å². The van der Waals surface area contributed by atoms with Gasteiger partial charge in [0.25, 0.3) is 0 Å². The van der Waals surface area contributed by atoms with Crippen molar-refractivity contribution in [3.8, 4) is 0 Å². The van der Waals surface area contributed by atoms with E-state index < -0.39 is 0 Å². The molecule has 0 saturated carbocycles. The van der Waals surface area contributed by atoms with Crippen LogP contribution in [0.25, 0.3) is 0 Å². The van der Waals surface area contributed by atoms with Gasteiger partial charge in [-0.05, 0) is 12.8 Å². The minimum atomic E-state index is 0.290. The highest BCUT2D eigenvalue weighted by Crippen LogP contribution is 2.23. The van der Waals surface area contributed by atoms with Crippen molar-refractivity contribution in [2.45, 2.75) is 38.1 Å². The fourth-order valence-corrected chi connectivity index (χ4v) is 2.44. The molecule has 0 N–H and O–H groups in total. The Bertz CT molecular complexity index is 479. The van der Waals surface area contributed by atoms with E-state index in [1.54, 1.807) is 11.3 Å². The maximum absolute atomic E-state index is 4.52. The van der Waals surface area contributed by atoms with Gasteiger partial charge in [-0.2, -0.15) is 0 Å². The Morgan fingerprint density at radius 2 is 2.29 bits per heavy atom. The Labute approximate surface area is 113 Å². The van der Waals surface area contributed by atoms with Crippen LogP contribution >= 0.6 is 27.3 Å². The van der Waals surface area contributed by atoms with Crippen molar-refractivity contribution >= 4 is 27.3 Å². The van der Waals surface area contributed by atoms with Crippen molar-refractivity contribution < 1.29 is 0 Å². The van der Waals surface area contributed by atoms with Crippen molar-refractivity contribution in [1.29, 1.82) is 0 Å². The van der Waals surface area contributed by atoms with Gasteiger partial charge in [0.05, 0.1) is 34.0 Å². The lowest BCUT2D eigenvalue weighted by Crippen LogP contribution is -2.00. The summed E-state index contributed by atoms with van der Waals surface area (Å²) >= 11 is 5.27. The van der Waals surface area contributed by atoms with Crippen LogP contribution in [-0.2, 0) is 13.0 Å². The summed E-state index contributed by atoms with van der Waals surface area (Å²) in [6, 6.07) is 0. The Kier molecular flexibility index (Phi) is 4.28. The topological polar surface area (TPSA) is 43.6 Å². The number of rotatable bonds is 5. The molecule has 92 valence electrons. The molecule has 0 aliphatic heterocycles. The third-order valence-corrected chi connectivity index (χ3v) is 4.62. The summed E-state index contributed by atoms with van der Waals surface area (Å²) in [7, 11) is 0. The van der Waals surface area contributed by atoms with Crippen LogP contribution < -0.4 is 0 Å². The quantitative estimate of drug-likeness (QED) is 0.796. The molecular formula is C11H15BrN4S. The summed E-state index contributed by atoms with van der Waals surface area (Å²) in [5.41, 5.74) is 2.05. The lowest BCUT2D eigenvalue weighted by Gasteiger charge is -1.99. The van der Waals surface area contributed by atoms with Crippen LogP contribution in [0.2, 0.25) is 0 Å². The summed E-state index contributed by atoms with van der Waals surface area (Å²) in [4.78, 5) is 4.81. The highest BCUT2D eigenvalue weighted by molar-refractivity contribution is 9.09. The summed E-state index contributed by atoms with van der Waals surface area (Å²) < 4.78 is 1.84. The number of thiazole rings is 1. The van der Waals surface area contributed by atoms with E-state index in [2.05, 4.69) is 50.5 Å². The van der Waals surface area contributed by atoms with Gasteiger partial charge in [0.15, 0.2) is 0 Å². The number of halogens is 1. The number of nitrogens with zero attached hydrogens (tertiary/aromatic N) is 4. The number of hydrogen-bond acceptors (Lipinski definition) is 4. The van der Waals surface area contributed by atoms with Crippen molar-refractivity contribution in [3.05, 3.63) is 28.0 Å². The molecule has 0 aromatic carbocycles. The number of aryl methyl sites for hydroxylation is 1. The molecular weight excluding hydrogens is 300 g/mol. The van der Waals surface area contributed by atoms with E-state index in [-0.39, 0.29) is 4.83 Å². The second-order valence-corrected chi connectivity index (χ2v) is 5.85. The molecule has 0 radical (unpaired) electrons. The van der Waals surface area contributed by atoms with E-state index in [1.807, 2.05) is 10.9 Å². The first-order chi connectivity index (χ1) is 8.22. The van der Waals surface area contributed by atoms with E-state index in [1.165, 1.54) is 5.01 Å². The molecule has 4 nitrogen and oxygen atoms in total. The minimum absolute atomic E-state index is 0.290. The molecule has 0 amide bonds. The Balaban J connectivity index is 2.06. The lowest BCUT2D eigenvalue weighted by atomic mass is 10.3. The SMILES string of the molecule is CCc1nc(Cn2cc(C(Br)CC)nn2)cs1. The summed E-state index contributed by atoms with van der Waals surface area (Å²) in [6.45, 7) is 4.94. The standard InChI is InChI=1S/C11H15BrN4S/c1-3-9(12)10-6-16(15-14-10)5-8-7-17-11(4-2)13-8/h6-7,9H,3-5H2,1-2H3. The number of hydrogen-bond donors (Lipinski definition) is 0. The Morgan fingerprint density at radius 3 is 2.94 bits per heavy atom. The van der Waals surface area contributed by atoms with Crippen LogP contribution in [0.4, 0.5) is 0 Å². The second-order valence-electron chi connectivity index (χ2n) is 3.80. The largest absolute Gasteiger partial charge is 0.246 e. The van der Waals surface area contributed by atoms with E-state index in [0.717, 1.165) is 24.2 Å². The Hall–Kier alpha value is -0.750. The van der Waals surface area contributed by atoms with Gasteiger partial charge >= 0.3 is 0 Å². The lowest BCUT2D eigenvalue weighted by molar-refractivity contribution is 0.639. The molecule has 1 atom stereocenters. The molecule has 2 heterocycles. The van der Waals surface area contributed by atoms with Gasteiger partial charge in [-0.15, -0.1) is 16.4 Å². The second kappa shape index (κ2) is 5.73. The zero-order chi connectivity index (χ0) is 12.3. The number of alkyl halides is 1. The molecule has 0 aliphatic carbocycles. The van der Waals surface area contributed by atoms with Crippen LogP contribution in [0.3, 0.4) is 0 Å². The average Bonchev–Trinajstić information content (AvgIpc) is 2.97. The molecule has 0 spiro atoms. The van der Waals surface area contributed by atoms with Crippen LogP contribution in [0, 0.1) is 0 Å². The first kappa shape index (κ1) is 12.7. The maximum Gasteiger partial charge on any atom is 0.0963 e. The minimum Gasteiger partial charge on any atom is -0.246 e. The van der Waals surface area contributed by atoms with E-state index >= 15 is 0 Å². The third kappa shape index (κ3) is 3.13. The molecule has 6 heteroatoms. The number of aromatic nitrogens is 4. The molecule has 17 heavy (non-hydrogen) atoms. The maximum atomic E-state index is 4.52. The molecule has 2 rings (SSSR count). The molecule has 2 aromatic heterocycles. The predicted octanol–water partition coefficient (Wildman–Crippen LogP) is 3.19. The zero-order valence-corrected chi connectivity index (χ0v) is 12.3. The first-order valence-electron chi connectivity index (χ1n) is 5.70. The first-order valence-corrected chi connectivity index (χ1v) is 7.49. The fourth-order valence-electron chi connectivity index (χ4n) is 1.49. The highest BCUT2D eigenvalue weighted by atomic mass is 79.9. The molecule has 0 fully saturated rings. The van der Waals surface area contributed by atoms with E-state index in [0.29, 0.717) is 6.54 Å².